The van der Waals surface area contributed by atoms with Crippen LogP contribution in [0.2, 0.25) is 10.0 Å². The zero-order valence-corrected chi connectivity index (χ0v) is 14.7. The molecule has 0 radical (unpaired) electrons. The van der Waals surface area contributed by atoms with Crippen LogP contribution in [0.1, 0.15) is 16.1 Å². The van der Waals surface area contributed by atoms with Crippen LogP contribution in [-0.4, -0.2) is 23.1 Å². The average molecular weight is 378 g/mol. The van der Waals surface area contributed by atoms with E-state index in [1.54, 1.807) is 31.3 Å². The highest BCUT2D eigenvalue weighted by Crippen LogP contribution is 2.23. The Morgan fingerprint density at radius 3 is 2.64 bits per heavy atom. The van der Waals surface area contributed by atoms with Crippen molar-refractivity contribution >= 4 is 29.1 Å². The minimum Gasteiger partial charge on any atom is -0.539 e. The number of para-hydroxylation sites is 1. The normalized spacial score (nSPS) is 10.7. The SMILES string of the molecule is CN(Cc1c([O-])on[n+]1-c1ccccc1)C(=O)c1ccc(Cl)cc1Cl. The van der Waals surface area contributed by atoms with Crippen LogP contribution in [0.4, 0.5) is 0 Å². The fourth-order valence-electron chi connectivity index (χ4n) is 2.34. The molecule has 6 nitrogen and oxygen atoms in total. The number of amides is 1. The molecule has 25 heavy (non-hydrogen) atoms. The first kappa shape index (κ1) is 17.3. The molecule has 0 saturated carbocycles. The minimum atomic E-state index is -0.606. The lowest BCUT2D eigenvalue weighted by molar-refractivity contribution is -0.678. The van der Waals surface area contributed by atoms with E-state index in [1.807, 2.05) is 18.2 Å². The molecule has 1 heterocycles. The second-order valence-electron chi connectivity index (χ2n) is 5.34. The van der Waals surface area contributed by atoms with E-state index in [1.165, 1.54) is 15.6 Å². The van der Waals surface area contributed by atoms with Crippen LogP contribution in [0, 0.1) is 0 Å². The zero-order chi connectivity index (χ0) is 18.0. The van der Waals surface area contributed by atoms with E-state index in [-0.39, 0.29) is 23.2 Å². The quantitative estimate of drug-likeness (QED) is 0.655. The van der Waals surface area contributed by atoms with Gasteiger partial charge in [0.05, 0.1) is 15.9 Å². The molecule has 3 aromatic rings. The molecule has 0 N–H and O–H groups in total. The zero-order valence-electron chi connectivity index (χ0n) is 13.1. The summed E-state index contributed by atoms with van der Waals surface area (Å²) >= 11 is 11.9. The molecule has 8 heteroatoms. The van der Waals surface area contributed by atoms with Gasteiger partial charge in [-0.25, -0.2) is 0 Å². The van der Waals surface area contributed by atoms with Crippen molar-refractivity contribution in [2.45, 2.75) is 6.54 Å². The van der Waals surface area contributed by atoms with Gasteiger partial charge in [-0.2, -0.15) is 0 Å². The Morgan fingerprint density at radius 2 is 1.96 bits per heavy atom. The van der Waals surface area contributed by atoms with Gasteiger partial charge >= 0.3 is 0 Å². The molecule has 0 spiro atoms. The number of nitrogens with zero attached hydrogens (tertiary/aromatic N) is 3. The van der Waals surface area contributed by atoms with Crippen molar-refractivity contribution in [1.29, 1.82) is 0 Å². The second-order valence-corrected chi connectivity index (χ2v) is 6.18. The van der Waals surface area contributed by atoms with Gasteiger partial charge in [-0.15, -0.1) is 0 Å². The molecule has 0 atom stereocenters. The first-order chi connectivity index (χ1) is 12.0. The molecule has 0 aliphatic heterocycles. The maximum absolute atomic E-state index is 12.6. The van der Waals surface area contributed by atoms with Crippen LogP contribution in [0.25, 0.3) is 5.69 Å². The molecule has 0 unspecified atom stereocenters. The number of hydrogen-bond acceptors (Lipinski definition) is 4. The maximum atomic E-state index is 12.6. The summed E-state index contributed by atoms with van der Waals surface area (Å²) in [4.78, 5) is 14.0. The molecule has 0 aliphatic carbocycles. The highest BCUT2D eigenvalue weighted by atomic mass is 35.5. The Labute approximate surface area is 153 Å². The highest BCUT2D eigenvalue weighted by Gasteiger charge is 2.25. The Balaban J connectivity index is 1.87. The molecule has 2 aromatic carbocycles. The Kier molecular flexibility index (Phi) is 4.92. The number of carbonyl (C=O) groups excluding carboxylic acids is 1. The summed E-state index contributed by atoms with van der Waals surface area (Å²) in [5.41, 5.74) is 1.18. The van der Waals surface area contributed by atoms with Crippen molar-refractivity contribution in [2.24, 2.45) is 0 Å². The van der Waals surface area contributed by atoms with E-state index in [9.17, 15) is 9.90 Å². The number of hydrogen-bond donors (Lipinski definition) is 0. The van der Waals surface area contributed by atoms with Crippen molar-refractivity contribution in [1.82, 2.24) is 10.2 Å². The summed E-state index contributed by atoms with van der Waals surface area (Å²) in [6.07, 6.45) is 0. The van der Waals surface area contributed by atoms with Gasteiger partial charge in [0.2, 0.25) is 5.69 Å². The van der Waals surface area contributed by atoms with Gasteiger partial charge in [-0.1, -0.05) is 41.4 Å². The average Bonchev–Trinajstić information content (AvgIpc) is 2.96. The predicted molar refractivity (Wildman–Crippen MR) is 89.7 cm³/mol. The van der Waals surface area contributed by atoms with E-state index in [2.05, 4.69) is 5.27 Å². The number of benzene rings is 2. The van der Waals surface area contributed by atoms with E-state index in [4.69, 9.17) is 27.7 Å². The molecule has 0 saturated heterocycles. The molecule has 0 bridgehead atoms. The molecular weight excluding hydrogens is 365 g/mol. The lowest BCUT2D eigenvalue weighted by atomic mass is 10.2. The predicted octanol–water partition coefficient (Wildman–Crippen LogP) is 2.60. The summed E-state index contributed by atoms with van der Waals surface area (Å²) in [6, 6.07) is 13.7. The number of aromatic nitrogens is 2. The van der Waals surface area contributed by atoms with E-state index < -0.39 is 5.95 Å². The van der Waals surface area contributed by atoms with Crippen LogP contribution in [0.5, 0.6) is 5.95 Å². The molecule has 128 valence electrons. The second kappa shape index (κ2) is 7.13. The summed E-state index contributed by atoms with van der Waals surface area (Å²) in [5, 5.41) is 16.4. The van der Waals surface area contributed by atoms with Gasteiger partial charge in [0.15, 0.2) is 5.95 Å². The van der Waals surface area contributed by atoms with E-state index >= 15 is 0 Å². The first-order valence-electron chi connectivity index (χ1n) is 7.31. The summed E-state index contributed by atoms with van der Waals surface area (Å²) in [7, 11) is 1.56. The number of halogens is 2. The van der Waals surface area contributed by atoms with Crippen molar-refractivity contribution in [3.8, 4) is 11.6 Å². The highest BCUT2D eigenvalue weighted by molar-refractivity contribution is 6.36. The van der Waals surface area contributed by atoms with Crippen LogP contribution < -0.4 is 9.79 Å². The molecule has 1 aromatic heterocycles. The van der Waals surface area contributed by atoms with Crippen LogP contribution in [0.3, 0.4) is 0 Å². The standard InChI is InChI=1S/C17H13Cl2N3O3/c1-21(16(23)13-8-7-11(18)9-14(13)19)10-15-17(24)25-20-22(15)12-5-3-2-4-6-12/h2-9H,10H2,1H3. The van der Waals surface area contributed by atoms with E-state index in [0.717, 1.165) is 0 Å². The largest absolute Gasteiger partial charge is 0.539 e. The smallest absolute Gasteiger partial charge is 0.259 e. The monoisotopic (exact) mass is 377 g/mol. The lowest BCUT2D eigenvalue weighted by Crippen LogP contribution is -2.40. The third-order valence-corrected chi connectivity index (χ3v) is 4.14. The third-order valence-electron chi connectivity index (χ3n) is 3.59. The van der Waals surface area contributed by atoms with Crippen molar-refractivity contribution in [2.75, 3.05) is 7.05 Å². The number of rotatable bonds is 4. The van der Waals surface area contributed by atoms with Gasteiger partial charge in [-0.05, 0) is 22.9 Å². The van der Waals surface area contributed by atoms with Crippen LogP contribution in [0.15, 0.2) is 53.1 Å². The molecule has 3 rings (SSSR count). The summed E-state index contributed by atoms with van der Waals surface area (Å²) in [5.74, 6) is -0.951. The van der Waals surface area contributed by atoms with Crippen LogP contribution >= 0.6 is 23.2 Å². The molecule has 0 aliphatic rings. The Bertz CT molecular complexity index is 913. The fraction of sp³-hybridized carbons (Fsp3) is 0.118. The fourth-order valence-corrected chi connectivity index (χ4v) is 2.82. The maximum Gasteiger partial charge on any atom is 0.259 e. The third kappa shape index (κ3) is 3.60. The molecular formula is C17H13Cl2N3O3. The lowest BCUT2D eigenvalue weighted by Gasteiger charge is -2.16. The van der Waals surface area contributed by atoms with Gasteiger partial charge in [0.25, 0.3) is 11.6 Å². The van der Waals surface area contributed by atoms with Gasteiger partial charge in [0, 0.05) is 24.2 Å². The van der Waals surface area contributed by atoms with E-state index in [0.29, 0.717) is 16.3 Å². The van der Waals surface area contributed by atoms with Gasteiger partial charge < -0.3 is 14.5 Å². The van der Waals surface area contributed by atoms with Crippen molar-refractivity contribution in [3.63, 3.8) is 0 Å². The molecule has 0 fully saturated rings. The summed E-state index contributed by atoms with van der Waals surface area (Å²) in [6.45, 7) is 0.00894. The first-order valence-corrected chi connectivity index (χ1v) is 8.07. The summed E-state index contributed by atoms with van der Waals surface area (Å²) < 4.78 is 6.12. The Morgan fingerprint density at radius 1 is 1.24 bits per heavy atom. The number of carbonyl (C=O) groups is 1. The Hall–Kier alpha value is -2.57. The van der Waals surface area contributed by atoms with Crippen molar-refractivity contribution < 1.29 is 19.1 Å². The topological polar surface area (TPSA) is 73.3 Å². The van der Waals surface area contributed by atoms with Gasteiger partial charge in [0.1, 0.15) is 6.54 Å². The van der Waals surface area contributed by atoms with Crippen LogP contribution in [-0.2, 0) is 6.54 Å². The molecule has 1 amide bonds. The van der Waals surface area contributed by atoms with Gasteiger partial charge in [-0.3, -0.25) is 4.79 Å². The minimum absolute atomic E-state index is 0.00894. The van der Waals surface area contributed by atoms with Crippen molar-refractivity contribution in [3.05, 3.63) is 69.8 Å².